The average Bonchev–Trinajstić information content (AvgIpc) is 2.95. The van der Waals surface area contributed by atoms with Crippen LogP contribution in [0.2, 0.25) is 10.0 Å². The van der Waals surface area contributed by atoms with Gasteiger partial charge >= 0.3 is 0 Å². The number of nitrogens with zero attached hydrogens (tertiary/aromatic N) is 2. The molecule has 0 saturated carbocycles. The van der Waals surface area contributed by atoms with Crippen molar-refractivity contribution in [2.45, 2.75) is 25.7 Å². The van der Waals surface area contributed by atoms with Gasteiger partial charge in [0.1, 0.15) is 6.04 Å². The Labute approximate surface area is 246 Å². The van der Waals surface area contributed by atoms with Crippen LogP contribution in [0.1, 0.15) is 16.7 Å². The van der Waals surface area contributed by atoms with Crippen LogP contribution < -0.4 is 14.9 Å². The maximum atomic E-state index is 13.6. The van der Waals surface area contributed by atoms with Crippen molar-refractivity contribution in [1.82, 2.24) is 14.9 Å². The Morgan fingerprint density at radius 1 is 0.900 bits per heavy atom. The largest absolute Gasteiger partial charge is 0.375 e. The highest BCUT2D eigenvalue weighted by molar-refractivity contribution is 7.88. The quantitative estimate of drug-likeness (QED) is 0.324. The number of benzene rings is 3. The minimum absolute atomic E-state index is 0.0169. The molecule has 3 aromatic rings. The van der Waals surface area contributed by atoms with Crippen molar-refractivity contribution in [1.29, 1.82) is 0 Å². The number of rotatable bonds is 12. The van der Waals surface area contributed by atoms with Crippen molar-refractivity contribution in [3.63, 3.8) is 0 Å². The number of hydrogen-bond acceptors (Lipinski definition) is 6. The van der Waals surface area contributed by atoms with Crippen molar-refractivity contribution in [2.75, 3.05) is 43.9 Å². The van der Waals surface area contributed by atoms with E-state index in [4.69, 9.17) is 27.9 Å². The zero-order valence-corrected chi connectivity index (χ0v) is 24.7. The van der Waals surface area contributed by atoms with Gasteiger partial charge in [0, 0.05) is 45.0 Å². The number of carbonyl (C=O) groups excluding carboxylic acids is 1. The molecule has 0 radical (unpaired) electrons. The molecule has 1 atom stereocenters. The van der Waals surface area contributed by atoms with E-state index in [0.717, 1.165) is 28.6 Å². The fourth-order valence-corrected chi connectivity index (χ4v) is 5.28. The molecule has 1 heterocycles. The normalized spacial score (nSPS) is 14.8. The summed E-state index contributed by atoms with van der Waals surface area (Å²) < 4.78 is 31.7. The zero-order chi connectivity index (χ0) is 28.5. The van der Waals surface area contributed by atoms with Gasteiger partial charge in [-0.3, -0.25) is 10.1 Å². The molecule has 1 fully saturated rings. The molecule has 1 aliphatic rings. The molecular formula is C29H34Cl2N4O4S. The summed E-state index contributed by atoms with van der Waals surface area (Å²) >= 11 is 12.2. The van der Waals surface area contributed by atoms with E-state index in [9.17, 15) is 13.2 Å². The monoisotopic (exact) mass is 604 g/mol. The minimum Gasteiger partial charge on any atom is -0.375 e. The first-order valence-electron chi connectivity index (χ1n) is 13.0. The van der Waals surface area contributed by atoms with E-state index in [-0.39, 0.29) is 19.1 Å². The Balaban J connectivity index is 1.38. The van der Waals surface area contributed by atoms with Crippen LogP contribution in [0.5, 0.6) is 0 Å². The maximum absolute atomic E-state index is 13.6. The van der Waals surface area contributed by atoms with Crippen LogP contribution in [0.15, 0.2) is 72.8 Å². The molecule has 214 valence electrons. The fraction of sp³-hybridized carbons (Fsp3) is 0.345. The number of nitrogens with one attached hydrogen (secondary N) is 2. The first-order valence-corrected chi connectivity index (χ1v) is 15.7. The number of hydrogen-bond donors (Lipinski definition) is 2. The van der Waals surface area contributed by atoms with Gasteiger partial charge in [0.2, 0.25) is 15.9 Å². The van der Waals surface area contributed by atoms with Crippen LogP contribution >= 0.6 is 23.2 Å². The van der Waals surface area contributed by atoms with E-state index in [1.165, 1.54) is 0 Å². The predicted octanol–water partition coefficient (Wildman–Crippen LogP) is 4.07. The van der Waals surface area contributed by atoms with E-state index in [1.807, 2.05) is 65.6 Å². The molecule has 0 spiro atoms. The Morgan fingerprint density at radius 3 is 2.30 bits per heavy atom. The molecule has 2 N–H and O–H groups in total. The second-order valence-electron chi connectivity index (χ2n) is 9.72. The highest BCUT2D eigenvalue weighted by Gasteiger charge is 2.28. The van der Waals surface area contributed by atoms with Crippen molar-refractivity contribution in [3.8, 4) is 0 Å². The molecule has 4 rings (SSSR count). The number of halogens is 2. The van der Waals surface area contributed by atoms with Crippen LogP contribution in [-0.2, 0) is 39.3 Å². The standard InChI is InChI=1S/C29H34Cl2N4O4S/c1-40(37,38)33-19-24-9-5-6-10-28(24)34-13-15-35(16-14-34)29(36)27(32-18-22-7-3-2-4-8-22)21-39-20-23-11-12-25(30)26(31)17-23/h2-12,17,27,32-33H,13-16,18-21H2,1H3. The lowest BCUT2D eigenvalue weighted by Gasteiger charge is -2.38. The molecule has 8 nitrogen and oxygen atoms in total. The lowest BCUT2D eigenvalue weighted by atomic mass is 10.1. The topological polar surface area (TPSA) is 91.0 Å². The highest BCUT2D eigenvalue weighted by atomic mass is 35.5. The summed E-state index contributed by atoms with van der Waals surface area (Å²) in [4.78, 5) is 17.7. The molecule has 1 aliphatic heterocycles. The molecule has 1 saturated heterocycles. The van der Waals surface area contributed by atoms with Gasteiger partial charge in [0.15, 0.2) is 0 Å². The van der Waals surface area contributed by atoms with E-state index in [2.05, 4.69) is 14.9 Å². The Hall–Kier alpha value is -2.66. The Bertz CT molecular complexity index is 1380. The number of anilines is 1. The minimum atomic E-state index is -3.31. The average molecular weight is 606 g/mol. The summed E-state index contributed by atoms with van der Waals surface area (Å²) in [6, 6.07) is 22.5. The lowest BCUT2D eigenvalue weighted by molar-refractivity contribution is -0.135. The van der Waals surface area contributed by atoms with E-state index in [0.29, 0.717) is 49.4 Å². The van der Waals surface area contributed by atoms with Gasteiger partial charge in [-0.2, -0.15) is 0 Å². The summed E-state index contributed by atoms with van der Waals surface area (Å²) in [6.07, 6.45) is 1.15. The number of piperazine rings is 1. The lowest BCUT2D eigenvalue weighted by Crippen LogP contribution is -2.55. The Morgan fingerprint density at radius 2 is 1.60 bits per heavy atom. The molecular weight excluding hydrogens is 571 g/mol. The molecule has 0 aromatic heterocycles. The summed E-state index contributed by atoms with van der Waals surface area (Å²) in [7, 11) is -3.31. The third kappa shape index (κ3) is 8.92. The molecule has 3 aromatic carbocycles. The summed E-state index contributed by atoms with van der Waals surface area (Å²) in [5, 5.41) is 4.33. The smallest absolute Gasteiger partial charge is 0.242 e. The highest BCUT2D eigenvalue weighted by Crippen LogP contribution is 2.24. The fourth-order valence-electron chi connectivity index (χ4n) is 4.54. The zero-order valence-electron chi connectivity index (χ0n) is 22.4. The van der Waals surface area contributed by atoms with Gasteiger partial charge < -0.3 is 14.5 Å². The van der Waals surface area contributed by atoms with Crippen LogP contribution in [0, 0.1) is 0 Å². The number of para-hydroxylation sites is 1. The molecule has 11 heteroatoms. The summed E-state index contributed by atoms with van der Waals surface area (Å²) in [6.45, 7) is 3.62. The third-order valence-electron chi connectivity index (χ3n) is 6.68. The van der Waals surface area contributed by atoms with Gasteiger partial charge in [-0.15, -0.1) is 0 Å². The molecule has 0 aliphatic carbocycles. The molecule has 0 bridgehead atoms. The SMILES string of the molecule is CS(=O)(=O)NCc1ccccc1N1CCN(C(=O)C(COCc2ccc(Cl)c(Cl)c2)NCc2ccccc2)CC1. The maximum Gasteiger partial charge on any atom is 0.242 e. The van der Waals surface area contributed by atoms with Gasteiger partial charge in [-0.05, 0) is 34.9 Å². The van der Waals surface area contributed by atoms with E-state index >= 15 is 0 Å². The van der Waals surface area contributed by atoms with Crippen molar-refractivity contribution in [2.24, 2.45) is 0 Å². The van der Waals surface area contributed by atoms with Gasteiger partial charge in [0.25, 0.3) is 0 Å². The summed E-state index contributed by atoms with van der Waals surface area (Å²) in [5.74, 6) is -0.0169. The van der Waals surface area contributed by atoms with Crippen LogP contribution in [0.4, 0.5) is 5.69 Å². The summed E-state index contributed by atoms with van der Waals surface area (Å²) in [5.41, 5.74) is 3.82. The van der Waals surface area contributed by atoms with Gasteiger partial charge in [-0.25, -0.2) is 13.1 Å². The number of ether oxygens (including phenoxy) is 1. The van der Waals surface area contributed by atoms with Crippen molar-refractivity contribution in [3.05, 3.63) is 99.5 Å². The third-order valence-corrected chi connectivity index (χ3v) is 8.09. The van der Waals surface area contributed by atoms with Gasteiger partial charge in [-0.1, -0.05) is 77.8 Å². The predicted molar refractivity (Wildman–Crippen MR) is 160 cm³/mol. The van der Waals surface area contributed by atoms with Crippen LogP contribution in [0.25, 0.3) is 0 Å². The van der Waals surface area contributed by atoms with E-state index in [1.54, 1.807) is 12.1 Å². The van der Waals surface area contributed by atoms with E-state index < -0.39 is 16.1 Å². The Kier molecular flexibility index (Phi) is 10.8. The van der Waals surface area contributed by atoms with Gasteiger partial charge in [0.05, 0.1) is 29.5 Å². The van der Waals surface area contributed by atoms with Crippen molar-refractivity contribution >= 4 is 44.8 Å². The first-order chi connectivity index (χ1) is 19.2. The van der Waals surface area contributed by atoms with Crippen molar-refractivity contribution < 1.29 is 17.9 Å². The van der Waals surface area contributed by atoms with Crippen LogP contribution in [0.3, 0.4) is 0 Å². The number of carbonyl (C=O) groups is 1. The number of sulfonamides is 1. The molecule has 1 unspecified atom stereocenters. The second kappa shape index (κ2) is 14.3. The second-order valence-corrected chi connectivity index (χ2v) is 12.4. The number of amides is 1. The first kappa shape index (κ1) is 30.3. The van der Waals surface area contributed by atoms with Crippen LogP contribution in [-0.4, -0.2) is 64.3 Å². The molecule has 40 heavy (non-hydrogen) atoms. The molecule has 1 amide bonds.